The zero-order valence-corrected chi connectivity index (χ0v) is 17.9. The van der Waals surface area contributed by atoms with E-state index in [1.54, 1.807) is 6.07 Å². The zero-order valence-electron chi connectivity index (χ0n) is 17.9. The van der Waals surface area contributed by atoms with Crippen molar-refractivity contribution in [3.05, 3.63) is 84.7 Å². The Morgan fingerprint density at radius 1 is 1.06 bits per heavy atom. The molecule has 3 aromatic carbocycles. The van der Waals surface area contributed by atoms with E-state index in [-0.39, 0.29) is 12.5 Å². The van der Waals surface area contributed by atoms with Crippen molar-refractivity contribution in [3.8, 4) is 23.0 Å². The topological polar surface area (TPSA) is 60.0 Å². The number of fused-ring (bicyclic) bond motifs is 1. The molecule has 0 bridgehead atoms. The summed E-state index contributed by atoms with van der Waals surface area (Å²) < 4.78 is 31.7. The van der Waals surface area contributed by atoms with Crippen LogP contribution in [0.3, 0.4) is 0 Å². The molecular formula is C26H23FN2O4. The van der Waals surface area contributed by atoms with Gasteiger partial charge in [-0.2, -0.15) is 0 Å². The number of hydrogen-bond donors (Lipinski definition) is 1. The van der Waals surface area contributed by atoms with E-state index in [0.717, 1.165) is 11.5 Å². The van der Waals surface area contributed by atoms with Crippen molar-refractivity contribution in [1.82, 2.24) is 4.90 Å². The molecule has 0 atom stereocenters. The average molecular weight is 446 g/mol. The van der Waals surface area contributed by atoms with E-state index in [2.05, 4.69) is 11.9 Å². The van der Waals surface area contributed by atoms with Crippen LogP contribution in [-0.4, -0.2) is 37.1 Å². The molecule has 7 heteroatoms. The Morgan fingerprint density at radius 2 is 1.82 bits per heavy atom. The number of carbonyl (C=O) groups is 1. The van der Waals surface area contributed by atoms with Gasteiger partial charge in [-0.25, -0.2) is 4.39 Å². The Balaban J connectivity index is 1.15. The summed E-state index contributed by atoms with van der Waals surface area (Å²) in [6.45, 7) is 5.90. The summed E-state index contributed by atoms with van der Waals surface area (Å²) in [6, 6.07) is 20.0. The molecule has 0 spiro atoms. The third kappa shape index (κ3) is 4.62. The number of rotatable bonds is 7. The first kappa shape index (κ1) is 20.9. The molecule has 1 amide bonds. The molecular weight excluding hydrogens is 423 g/mol. The molecule has 0 saturated carbocycles. The van der Waals surface area contributed by atoms with Gasteiger partial charge in [-0.05, 0) is 30.3 Å². The highest BCUT2D eigenvalue weighted by atomic mass is 19.1. The lowest BCUT2D eigenvalue weighted by Crippen LogP contribution is -2.47. The van der Waals surface area contributed by atoms with Crippen LogP contribution in [-0.2, 0) is 4.79 Å². The molecule has 3 aromatic rings. The second-order valence-corrected chi connectivity index (χ2v) is 8.08. The largest absolute Gasteiger partial charge is 0.493 e. The number of anilines is 1. The molecule has 33 heavy (non-hydrogen) atoms. The van der Waals surface area contributed by atoms with Crippen molar-refractivity contribution in [2.24, 2.45) is 5.92 Å². The molecule has 168 valence electrons. The summed E-state index contributed by atoms with van der Waals surface area (Å²) in [4.78, 5) is 13.6. The van der Waals surface area contributed by atoms with Crippen LogP contribution in [0.1, 0.15) is 5.56 Å². The van der Waals surface area contributed by atoms with Crippen LogP contribution in [0.4, 0.5) is 10.1 Å². The standard InChI is InChI=1S/C26H23FN2O4/c1-17(22-11-24-25(12-23(22)27)32-16-26(30)28-24)29-13-18(14-29)15-31-20-8-5-9-21(10-20)33-19-6-3-2-4-7-19/h2-12,18H,1,13-16H2,(H,28,30). The molecule has 5 rings (SSSR count). The van der Waals surface area contributed by atoms with E-state index in [9.17, 15) is 9.18 Å². The molecule has 0 aromatic heterocycles. The molecule has 6 nitrogen and oxygen atoms in total. The monoisotopic (exact) mass is 446 g/mol. The van der Waals surface area contributed by atoms with Crippen LogP contribution >= 0.6 is 0 Å². The first-order chi connectivity index (χ1) is 16.0. The van der Waals surface area contributed by atoms with Crippen molar-refractivity contribution in [2.45, 2.75) is 0 Å². The molecule has 0 unspecified atom stereocenters. The third-order valence-electron chi connectivity index (χ3n) is 5.62. The molecule has 2 heterocycles. The Bertz CT molecular complexity index is 1190. The fraction of sp³-hybridized carbons (Fsp3) is 0.192. The number of halogens is 1. The fourth-order valence-electron chi connectivity index (χ4n) is 3.86. The van der Waals surface area contributed by atoms with Crippen molar-refractivity contribution in [1.29, 1.82) is 0 Å². The summed E-state index contributed by atoms with van der Waals surface area (Å²) in [5.74, 6) is 2.15. The van der Waals surface area contributed by atoms with Crippen LogP contribution in [0.15, 0.2) is 73.3 Å². The molecule has 2 aliphatic heterocycles. The number of nitrogens with zero attached hydrogens (tertiary/aromatic N) is 1. The number of ether oxygens (including phenoxy) is 3. The van der Waals surface area contributed by atoms with Gasteiger partial charge in [-0.1, -0.05) is 30.8 Å². The molecule has 0 aliphatic carbocycles. The van der Waals surface area contributed by atoms with Gasteiger partial charge in [0.1, 0.15) is 28.8 Å². The normalized spacial score (nSPS) is 15.1. The lowest BCUT2D eigenvalue weighted by atomic mass is 9.98. The average Bonchev–Trinajstić information content (AvgIpc) is 2.78. The minimum Gasteiger partial charge on any atom is -0.493 e. The van der Waals surface area contributed by atoms with Crippen LogP contribution in [0.5, 0.6) is 23.0 Å². The second kappa shape index (κ2) is 8.86. The van der Waals surface area contributed by atoms with E-state index in [1.165, 1.54) is 6.07 Å². The first-order valence-corrected chi connectivity index (χ1v) is 10.7. The van der Waals surface area contributed by atoms with Gasteiger partial charge in [0.25, 0.3) is 5.91 Å². The van der Waals surface area contributed by atoms with Crippen molar-refractivity contribution in [3.63, 3.8) is 0 Å². The van der Waals surface area contributed by atoms with Gasteiger partial charge in [0, 0.05) is 42.4 Å². The number of nitrogens with one attached hydrogen (secondary N) is 1. The number of likely N-dealkylation sites (tertiary alicyclic amines) is 1. The maximum atomic E-state index is 14.6. The smallest absolute Gasteiger partial charge is 0.262 e. The zero-order chi connectivity index (χ0) is 22.8. The van der Waals surface area contributed by atoms with Crippen LogP contribution in [0.2, 0.25) is 0 Å². The van der Waals surface area contributed by atoms with Gasteiger partial charge in [0.2, 0.25) is 0 Å². The highest BCUT2D eigenvalue weighted by Gasteiger charge is 2.30. The Labute approximate surface area is 191 Å². The fourth-order valence-corrected chi connectivity index (χ4v) is 3.86. The maximum Gasteiger partial charge on any atom is 0.262 e. The van der Waals surface area contributed by atoms with E-state index >= 15 is 0 Å². The highest BCUT2D eigenvalue weighted by molar-refractivity contribution is 5.96. The Hall–Kier alpha value is -4.00. The van der Waals surface area contributed by atoms with Gasteiger partial charge >= 0.3 is 0 Å². The SMILES string of the molecule is C=C(c1cc2c(cc1F)OCC(=O)N2)N1CC(COc2cccc(Oc3ccccc3)c2)C1. The summed E-state index contributed by atoms with van der Waals surface area (Å²) in [6.07, 6.45) is 0. The predicted octanol–water partition coefficient (Wildman–Crippen LogP) is 4.93. The van der Waals surface area contributed by atoms with E-state index in [0.29, 0.717) is 54.1 Å². The number of benzene rings is 3. The molecule has 1 N–H and O–H groups in total. The number of carbonyl (C=O) groups excluding carboxylic acids is 1. The maximum absolute atomic E-state index is 14.6. The number of para-hydroxylation sites is 1. The molecule has 1 fully saturated rings. The molecule has 1 saturated heterocycles. The van der Waals surface area contributed by atoms with E-state index < -0.39 is 5.82 Å². The Morgan fingerprint density at radius 3 is 2.64 bits per heavy atom. The van der Waals surface area contributed by atoms with Crippen LogP contribution in [0, 0.1) is 11.7 Å². The van der Waals surface area contributed by atoms with Gasteiger partial charge in [-0.3, -0.25) is 4.79 Å². The van der Waals surface area contributed by atoms with E-state index in [1.807, 2.05) is 59.5 Å². The van der Waals surface area contributed by atoms with Crippen molar-refractivity contribution >= 4 is 17.3 Å². The second-order valence-electron chi connectivity index (χ2n) is 8.08. The number of hydrogen-bond acceptors (Lipinski definition) is 5. The first-order valence-electron chi connectivity index (χ1n) is 10.7. The number of amides is 1. The lowest BCUT2D eigenvalue weighted by molar-refractivity contribution is -0.118. The van der Waals surface area contributed by atoms with Gasteiger partial charge in [0.15, 0.2) is 6.61 Å². The quantitative estimate of drug-likeness (QED) is 0.558. The van der Waals surface area contributed by atoms with Crippen molar-refractivity contribution in [2.75, 3.05) is 31.6 Å². The van der Waals surface area contributed by atoms with Crippen molar-refractivity contribution < 1.29 is 23.4 Å². The summed E-state index contributed by atoms with van der Waals surface area (Å²) in [7, 11) is 0. The minimum atomic E-state index is -0.426. The van der Waals surface area contributed by atoms with Gasteiger partial charge < -0.3 is 24.4 Å². The summed E-state index contributed by atoms with van der Waals surface area (Å²) in [5, 5.41) is 2.70. The van der Waals surface area contributed by atoms with Gasteiger partial charge in [-0.15, -0.1) is 0 Å². The van der Waals surface area contributed by atoms with E-state index in [4.69, 9.17) is 14.2 Å². The lowest BCUT2D eigenvalue weighted by Gasteiger charge is -2.42. The van der Waals surface area contributed by atoms with Crippen LogP contribution in [0.25, 0.3) is 5.70 Å². The summed E-state index contributed by atoms with van der Waals surface area (Å²) >= 11 is 0. The predicted molar refractivity (Wildman–Crippen MR) is 123 cm³/mol. The summed E-state index contributed by atoms with van der Waals surface area (Å²) in [5.41, 5.74) is 1.39. The molecule has 0 radical (unpaired) electrons. The molecule has 2 aliphatic rings. The van der Waals surface area contributed by atoms with Gasteiger partial charge in [0.05, 0.1) is 12.3 Å². The highest BCUT2D eigenvalue weighted by Crippen LogP contribution is 2.36. The third-order valence-corrected chi connectivity index (χ3v) is 5.62. The Kier molecular flexibility index (Phi) is 5.60. The minimum absolute atomic E-state index is 0.109. The van der Waals surface area contributed by atoms with Crippen LogP contribution < -0.4 is 19.5 Å².